The number of para-hydroxylation sites is 1. The van der Waals surface area contributed by atoms with Gasteiger partial charge in [0.05, 0.1) is 11.3 Å². The summed E-state index contributed by atoms with van der Waals surface area (Å²) in [6.07, 6.45) is 1.56. The second-order valence-corrected chi connectivity index (χ2v) is 6.37. The molecule has 6 nitrogen and oxygen atoms in total. The van der Waals surface area contributed by atoms with Crippen LogP contribution in [0.15, 0.2) is 64.4 Å². The van der Waals surface area contributed by atoms with E-state index >= 15 is 0 Å². The molecule has 4 rings (SSSR count). The molecule has 0 amide bonds. The number of phenolic OH excluding ortho intramolecular Hbond substituents is 1. The summed E-state index contributed by atoms with van der Waals surface area (Å²) in [5.41, 5.74) is 2.03. The van der Waals surface area contributed by atoms with Crippen molar-refractivity contribution in [3.63, 3.8) is 0 Å². The van der Waals surface area contributed by atoms with Gasteiger partial charge in [-0.2, -0.15) is 0 Å². The van der Waals surface area contributed by atoms with Gasteiger partial charge in [0, 0.05) is 11.3 Å². The number of rotatable bonds is 5. The highest BCUT2D eigenvalue weighted by molar-refractivity contribution is 7.98. The van der Waals surface area contributed by atoms with Gasteiger partial charge in [-0.15, -0.1) is 5.10 Å². The fourth-order valence-corrected chi connectivity index (χ4v) is 3.02. The van der Waals surface area contributed by atoms with Gasteiger partial charge >= 0.3 is 0 Å². The molecule has 0 bridgehead atoms. The summed E-state index contributed by atoms with van der Waals surface area (Å²) >= 11 is 1.39. The fraction of sp³-hybridized carbons (Fsp3) is 0.0556. The van der Waals surface area contributed by atoms with Gasteiger partial charge in [-0.05, 0) is 36.4 Å². The predicted molar refractivity (Wildman–Crippen MR) is 94.9 cm³/mol. The molecule has 0 saturated carbocycles. The predicted octanol–water partition coefficient (Wildman–Crippen LogP) is 4.26. The molecule has 2 heterocycles. The summed E-state index contributed by atoms with van der Waals surface area (Å²) in [5.74, 6) is 1.28. The maximum absolute atomic E-state index is 13.0. The van der Waals surface area contributed by atoms with Crippen molar-refractivity contribution in [2.45, 2.75) is 10.9 Å². The first-order valence-electron chi connectivity index (χ1n) is 7.73. The van der Waals surface area contributed by atoms with E-state index in [1.165, 1.54) is 23.9 Å². The Morgan fingerprint density at radius 1 is 1.08 bits per heavy atom. The lowest BCUT2D eigenvalue weighted by Crippen LogP contribution is -1.84. The molecule has 2 N–H and O–H groups in total. The smallest absolute Gasteiger partial charge is 0.226 e. The number of phenols is 1. The lowest BCUT2D eigenvalue weighted by Gasteiger charge is -1.98. The van der Waals surface area contributed by atoms with Gasteiger partial charge in [0.25, 0.3) is 0 Å². The number of hydrogen-bond acceptors (Lipinski definition) is 6. The highest BCUT2D eigenvalue weighted by Crippen LogP contribution is 2.28. The highest BCUT2D eigenvalue weighted by Gasteiger charge is 2.12. The molecule has 0 saturated heterocycles. The van der Waals surface area contributed by atoms with Crippen LogP contribution < -0.4 is 0 Å². The molecule has 130 valence electrons. The van der Waals surface area contributed by atoms with Gasteiger partial charge in [-0.25, -0.2) is 14.4 Å². The van der Waals surface area contributed by atoms with E-state index in [1.807, 2.05) is 6.07 Å². The van der Waals surface area contributed by atoms with Gasteiger partial charge in [0.1, 0.15) is 17.8 Å². The Morgan fingerprint density at radius 2 is 1.88 bits per heavy atom. The second-order valence-electron chi connectivity index (χ2n) is 5.42. The largest absolute Gasteiger partial charge is 0.507 e. The van der Waals surface area contributed by atoms with E-state index < -0.39 is 0 Å². The molecule has 0 aliphatic rings. The molecule has 0 unspecified atom stereocenters. The van der Waals surface area contributed by atoms with Crippen LogP contribution in [0.3, 0.4) is 0 Å². The molecule has 0 aliphatic heterocycles. The summed E-state index contributed by atoms with van der Waals surface area (Å²) in [4.78, 5) is 8.76. The number of aromatic amines is 1. The lowest BCUT2D eigenvalue weighted by molar-refractivity contribution is 0.477. The number of nitrogens with one attached hydrogen (secondary N) is 1. The molecule has 0 radical (unpaired) electrons. The van der Waals surface area contributed by atoms with Crippen molar-refractivity contribution < 1.29 is 13.9 Å². The number of aromatic hydroxyl groups is 1. The van der Waals surface area contributed by atoms with Crippen molar-refractivity contribution in [3.8, 4) is 28.6 Å². The van der Waals surface area contributed by atoms with Crippen molar-refractivity contribution in [1.82, 2.24) is 20.2 Å². The zero-order valence-electron chi connectivity index (χ0n) is 13.4. The number of halogens is 1. The number of aromatic nitrogens is 4. The number of thioether (sulfide) groups is 1. The Kier molecular flexibility index (Phi) is 4.40. The van der Waals surface area contributed by atoms with E-state index in [4.69, 9.17) is 4.42 Å². The molecule has 0 spiro atoms. The third kappa shape index (κ3) is 3.45. The Hall–Kier alpha value is -3.13. The quantitative estimate of drug-likeness (QED) is 0.512. The van der Waals surface area contributed by atoms with Crippen LogP contribution >= 0.6 is 11.8 Å². The Balaban J connectivity index is 1.44. The van der Waals surface area contributed by atoms with Gasteiger partial charge < -0.3 is 9.52 Å². The number of benzene rings is 2. The summed E-state index contributed by atoms with van der Waals surface area (Å²) in [6, 6.07) is 12.9. The first-order chi connectivity index (χ1) is 12.7. The van der Waals surface area contributed by atoms with E-state index in [9.17, 15) is 9.50 Å². The van der Waals surface area contributed by atoms with E-state index in [1.54, 1.807) is 36.6 Å². The summed E-state index contributed by atoms with van der Waals surface area (Å²) in [5, 5.41) is 17.4. The van der Waals surface area contributed by atoms with Crippen molar-refractivity contribution in [1.29, 1.82) is 0 Å². The standard InChI is InChI=1S/C18H13FN4O2S/c19-12-7-5-11(6-8-12)17-20-13(9-25-17)10-26-18-21-16(22-23-18)14-3-1-2-4-15(14)24/h1-9,24H,10H2,(H,21,22,23). The third-order valence-electron chi connectivity index (χ3n) is 3.62. The number of oxazole rings is 1. The van der Waals surface area contributed by atoms with Crippen LogP contribution in [0.25, 0.3) is 22.8 Å². The zero-order chi connectivity index (χ0) is 17.9. The molecule has 2 aromatic heterocycles. The molecular formula is C18H13FN4O2S. The van der Waals surface area contributed by atoms with Gasteiger partial charge in [-0.3, -0.25) is 5.10 Å². The van der Waals surface area contributed by atoms with Crippen LogP contribution in [0.2, 0.25) is 0 Å². The van der Waals surface area contributed by atoms with E-state index in [2.05, 4.69) is 20.2 Å². The molecule has 0 fully saturated rings. The lowest BCUT2D eigenvalue weighted by atomic mass is 10.2. The van der Waals surface area contributed by atoms with Crippen LogP contribution in [-0.2, 0) is 5.75 Å². The van der Waals surface area contributed by atoms with E-state index in [-0.39, 0.29) is 11.6 Å². The van der Waals surface area contributed by atoms with Crippen LogP contribution in [0.5, 0.6) is 5.75 Å². The first kappa shape index (κ1) is 16.3. The maximum atomic E-state index is 13.0. The van der Waals surface area contributed by atoms with Crippen LogP contribution in [0.4, 0.5) is 4.39 Å². The van der Waals surface area contributed by atoms with E-state index in [0.717, 1.165) is 5.69 Å². The number of nitrogens with zero attached hydrogens (tertiary/aromatic N) is 3. The highest BCUT2D eigenvalue weighted by atomic mass is 32.2. The Morgan fingerprint density at radius 3 is 2.69 bits per heavy atom. The number of hydrogen-bond donors (Lipinski definition) is 2. The van der Waals surface area contributed by atoms with Gasteiger partial charge in [0.15, 0.2) is 5.82 Å². The third-order valence-corrected chi connectivity index (χ3v) is 4.50. The van der Waals surface area contributed by atoms with Crippen LogP contribution in [0.1, 0.15) is 5.69 Å². The summed E-state index contributed by atoms with van der Waals surface area (Å²) in [7, 11) is 0. The van der Waals surface area contributed by atoms with E-state index in [0.29, 0.717) is 33.8 Å². The van der Waals surface area contributed by atoms with Crippen LogP contribution in [-0.4, -0.2) is 25.3 Å². The molecule has 26 heavy (non-hydrogen) atoms. The molecule has 2 aromatic carbocycles. The minimum atomic E-state index is -0.305. The molecular weight excluding hydrogens is 355 g/mol. The normalized spacial score (nSPS) is 11.0. The summed E-state index contributed by atoms with van der Waals surface area (Å²) in [6.45, 7) is 0. The molecule has 8 heteroatoms. The van der Waals surface area contributed by atoms with Gasteiger partial charge in [0.2, 0.25) is 11.0 Å². The SMILES string of the molecule is Oc1ccccc1-c1nc(SCc2coc(-c3ccc(F)cc3)n2)n[nH]1. The van der Waals surface area contributed by atoms with Crippen molar-refractivity contribution >= 4 is 11.8 Å². The average molecular weight is 368 g/mol. The topological polar surface area (TPSA) is 87.8 Å². The minimum Gasteiger partial charge on any atom is -0.507 e. The maximum Gasteiger partial charge on any atom is 0.226 e. The monoisotopic (exact) mass is 368 g/mol. The fourth-order valence-electron chi connectivity index (χ4n) is 2.34. The Bertz CT molecular complexity index is 1030. The van der Waals surface area contributed by atoms with Gasteiger partial charge in [-0.1, -0.05) is 23.9 Å². The number of H-pyrrole nitrogens is 1. The van der Waals surface area contributed by atoms with Crippen LogP contribution in [0, 0.1) is 5.82 Å². The van der Waals surface area contributed by atoms with Crippen molar-refractivity contribution in [2.75, 3.05) is 0 Å². The molecule has 4 aromatic rings. The molecule has 0 atom stereocenters. The van der Waals surface area contributed by atoms with Crippen molar-refractivity contribution in [3.05, 3.63) is 66.3 Å². The average Bonchev–Trinajstić information content (AvgIpc) is 3.30. The molecule has 0 aliphatic carbocycles. The first-order valence-corrected chi connectivity index (χ1v) is 8.71. The van der Waals surface area contributed by atoms with Crippen molar-refractivity contribution in [2.24, 2.45) is 0 Å². The minimum absolute atomic E-state index is 0.139. The second kappa shape index (κ2) is 7.01. The zero-order valence-corrected chi connectivity index (χ0v) is 14.2. The Labute approximate surface area is 152 Å². The summed E-state index contributed by atoms with van der Waals surface area (Å²) < 4.78 is 18.4.